The Morgan fingerprint density at radius 2 is 2.07 bits per heavy atom. The maximum absolute atomic E-state index is 5.95. The fourth-order valence-corrected chi connectivity index (χ4v) is 2.64. The lowest BCUT2D eigenvalue weighted by atomic mass is 10.1. The molecule has 15 heavy (non-hydrogen) atoms. The van der Waals surface area contributed by atoms with Gasteiger partial charge >= 0.3 is 0 Å². The summed E-state index contributed by atoms with van der Waals surface area (Å²) < 4.78 is 0. The molecule has 0 saturated carbocycles. The minimum atomic E-state index is 0.818. The maximum Gasteiger partial charge on any atom is 0.0408 e. The zero-order chi connectivity index (χ0) is 10.7. The zero-order valence-electron chi connectivity index (χ0n) is 8.66. The molecule has 2 heteroatoms. The minimum absolute atomic E-state index is 0.818. The highest BCUT2D eigenvalue weighted by atomic mass is 35.5. The van der Waals surface area contributed by atoms with Crippen molar-refractivity contribution in [1.29, 1.82) is 0 Å². The highest BCUT2D eigenvalue weighted by molar-refractivity contribution is 7.10. The standard InChI is InChI=1S/C13H13ClS/c1-2-13-8-11(9-15-13)6-10-4-3-5-12(14)7-10/h3-5,7-9H,2,6H2,1H3. The molecule has 1 heterocycles. The lowest BCUT2D eigenvalue weighted by Crippen LogP contribution is -1.84. The van der Waals surface area contributed by atoms with Crippen LogP contribution in [-0.4, -0.2) is 0 Å². The lowest BCUT2D eigenvalue weighted by Gasteiger charge is -1.99. The quantitative estimate of drug-likeness (QED) is 0.733. The lowest BCUT2D eigenvalue weighted by molar-refractivity contribution is 1.16. The number of hydrogen-bond donors (Lipinski definition) is 0. The van der Waals surface area contributed by atoms with Crippen LogP contribution in [-0.2, 0) is 12.8 Å². The Kier molecular flexibility index (Phi) is 3.45. The molecule has 0 unspecified atom stereocenters. The van der Waals surface area contributed by atoms with Crippen LogP contribution in [0.1, 0.15) is 22.9 Å². The van der Waals surface area contributed by atoms with Crippen LogP contribution in [0.3, 0.4) is 0 Å². The molecule has 0 amide bonds. The molecule has 0 saturated heterocycles. The topological polar surface area (TPSA) is 0 Å². The van der Waals surface area contributed by atoms with E-state index in [9.17, 15) is 0 Å². The van der Waals surface area contributed by atoms with Gasteiger partial charge in [0.2, 0.25) is 0 Å². The first-order chi connectivity index (χ1) is 7.28. The van der Waals surface area contributed by atoms with E-state index in [1.54, 1.807) is 0 Å². The summed E-state index contributed by atoms with van der Waals surface area (Å²) in [5.41, 5.74) is 2.67. The van der Waals surface area contributed by atoms with Crippen LogP contribution >= 0.6 is 22.9 Å². The van der Waals surface area contributed by atoms with E-state index in [4.69, 9.17) is 11.6 Å². The molecule has 0 atom stereocenters. The molecule has 1 aromatic heterocycles. The van der Waals surface area contributed by atoms with Crippen molar-refractivity contribution in [2.24, 2.45) is 0 Å². The van der Waals surface area contributed by atoms with E-state index in [-0.39, 0.29) is 0 Å². The molecular weight excluding hydrogens is 224 g/mol. The van der Waals surface area contributed by atoms with Gasteiger partial charge in [0, 0.05) is 9.90 Å². The Bertz CT molecular complexity index is 445. The van der Waals surface area contributed by atoms with Crippen molar-refractivity contribution < 1.29 is 0 Å². The van der Waals surface area contributed by atoms with Crippen LogP contribution in [0.25, 0.3) is 0 Å². The van der Waals surface area contributed by atoms with E-state index in [1.165, 1.54) is 16.0 Å². The maximum atomic E-state index is 5.95. The number of thiophene rings is 1. The van der Waals surface area contributed by atoms with Gasteiger partial charge in [-0.25, -0.2) is 0 Å². The van der Waals surface area contributed by atoms with Gasteiger partial charge in [0.15, 0.2) is 0 Å². The molecule has 2 aromatic rings. The molecule has 0 aliphatic carbocycles. The third-order valence-corrected chi connectivity index (χ3v) is 3.72. The van der Waals surface area contributed by atoms with Crippen molar-refractivity contribution in [2.75, 3.05) is 0 Å². The van der Waals surface area contributed by atoms with Gasteiger partial charge in [-0.3, -0.25) is 0 Å². The molecule has 0 spiro atoms. The van der Waals surface area contributed by atoms with Gasteiger partial charge in [0.25, 0.3) is 0 Å². The summed E-state index contributed by atoms with van der Waals surface area (Å²) in [4.78, 5) is 1.45. The Morgan fingerprint density at radius 1 is 1.20 bits per heavy atom. The van der Waals surface area contributed by atoms with Gasteiger partial charge in [-0.1, -0.05) is 30.7 Å². The highest BCUT2D eigenvalue weighted by Gasteiger charge is 2.00. The van der Waals surface area contributed by atoms with Crippen molar-refractivity contribution in [3.05, 3.63) is 56.7 Å². The number of hydrogen-bond acceptors (Lipinski definition) is 1. The van der Waals surface area contributed by atoms with Crippen LogP contribution < -0.4 is 0 Å². The molecule has 0 N–H and O–H groups in total. The SMILES string of the molecule is CCc1cc(Cc2cccc(Cl)c2)cs1. The van der Waals surface area contributed by atoms with Crippen molar-refractivity contribution in [2.45, 2.75) is 19.8 Å². The molecule has 0 bridgehead atoms. The van der Waals surface area contributed by atoms with E-state index in [0.29, 0.717) is 0 Å². The molecule has 0 aliphatic heterocycles. The zero-order valence-corrected chi connectivity index (χ0v) is 10.2. The molecule has 78 valence electrons. The number of aryl methyl sites for hydroxylation is 1. The molecule has 2 rings (SSSR count). The summed E-state index contributed by atoms with van der Waals surface area (Å²) in [6, 6.07) is 10.4. The van der Waals surface area contributed by atoms with Crippen molar-refractivity contribution >= 4 is 22.9 Å². The van der Waals surface area contributed by atoms with Gasteiger partial charge in [-0.2, -0.15) is 0 Å². The van der Waals surface area contributed by atoms with Crippen LogP contribution in [0.15, 0.2) is 35.7 Å². The highest BCUT2D eigenvalue weighted by Crippen LogP contribution is 2.19. The van der Waals surface area contributed by atoms with E-state index < -0.39 is 0 Å². The Labute approximate surface area is 99.5 Å². The average Bonchev–Trinajstić information content (AvgIpc) is 2.65. The summed E-state index contributed by atoms with van der Waals surface area (Å²) >= 11 is 7.79. The number of rotatable bonds is 3. The first-order valence-electron chi connectivity index (χ1n) is 5.08. The summed E-state index contributed by atoms with van der Waals surface area (Å²) in [5, 5.41) is 3.05. The third kappa shape index (κ3) is 2.83. The normalized spacial score (nSPS) is 10.5. The summed E-state index contributed by atoms with van der Waals surface area (Å²) in [7, 11) is 0. The summed E-state index contributed by atoms with van der Waals surface area (Å²) in [6.45, 7) is 2.19. The fraction of sp³-hybridized carbons (Fsp3) is 0.231. The molecular formula is C13H13ClS. The summed E-state index contributed by atoms with van der Waals surface area (Å²) in [5.74, 6) is 0. The van der Waals surface area contributed by atoms with Crippen LogP contribution in [0.5, 0.6) is 0 Å². The smallest absolute Gasteiger partial charge is 0.0408 e. The molecule has 1 aromatic carbocycles. The predicted octanol–water partition coefficient (Wildman–Crippen LogP) is 4.55. The average molecular weight is 237 g/mol. The number of benzene rings is 1. The van der Waals surface area contributed by atoms with Gasteiger partial charge in [-0.05, 0) is 47.5 Å². The van der Waals surface area contributed by atoms with E-state index in [0.717, 1.165) is 17.9 Å². The molecule has 0 radical (unpaired) electrons. The van der Waals surface area contributed by atoms with E-state index in [1.807, 2.05) is 29.5 Å². The second-order valence-corrected chi connectivity index (χ2v) is 5.01. The van der Waals surface area contributed by atoms with Crippen molar-refractivity contribution in [3.8, 4) is 0 Å². The first kappa shape index (κ1) is 10.7. The van der Waals surface area contributed by atoms with Gasteiger partial charge in [0.1, 0.15) is 0 Å². The van der Waals surface area contributed by atoms with Gasteiger partial charge in [0.05, 0.1) is 0 Å². The second-order valence-electron chi connectivity index (χ2n) is 3.58. The monoisotopic (exact) mass is 236 g/mol. The first-order valence-corrected chi connectivity index (χ1v) is 6.34. The molecule has 0 aliphatic rings. The number of halogens is 1. The predicted molar refractivity (Wildman–Crippen MR) is 68.0 cm³/mol. The van der Waals surface area contributed by atoms with Crippen molar-refractivity contribution in [3.63, 3.8) is 0 Å². The summed E-state index contributed by atoms with van der Waals surface area (Å²) in [6.07, 6.45) is 2.11. The Balaban J connectivity index is 2.14. The Morgan fingerprint density at radius 3 is 2.73 bits per heavy atom. The van der Waals surface area contributed by atoms with Crippen LogP contribution in [0.4, 0.5) is 0 Å². The van der Waals surface area contributed by atoms with E-state index in [2.05, 4.69) is 24.4 Å². The molecule has 0 fully saturated rings. The largest absolute Gasteiger partial charge is 0.149 e. The molecule has 0 nitrogen and oxygen atoms in total. The van der Waals surface area contributed by atoms with Crippen molar-refractivity contribution in [1.82, 2.24) is 0 Å². The third-order valence-electron chi connectivity index (χ3n) is 2.35. The van der Waals surface area contributed by atoms with Gasteiger partial charge in [-0.15, -0.1) is 11.3 Å². The minimum Gasteiger partial charge on any atom is -0.149 e. The Hall–Kier alpha value is -0.790. The second kappa shape index (κ2) is 4.82. The van der Waals surface area contributed by atoms with Crippen LogP contribution in [0, 0.1) is 0 Å². The fourth-order valence-electron chi connectivity index (χ4n) is 1.59. The van der Waals surface area contributed by atoms with Gasteiger partial charge < -0.3 is 0 Å². The van der Waals surface area contributed by atoms with E-state index >= 15 is 0 Å². The van der Waals surface area contributed by atoms with Crippen LogP contribution in [0.2, 0.25) is 5.02 Å².